The molecule has 1 aliphatic rings. The summed E-state index contributed by atoms with van der Waals surface area (Å²) in [5, 5.41) is 17.0. The maximum Gasteiger partial charge on any atom is 0.227 e. The molecule has 1 aliphatic heterocycles. The summed E-state index contributed by atoms with van der Waals surface area (Å²) in [7, 11) is 1.65. The van der Waals surface area contributed by atoms with Gasteiger partial charge in [0.1, 0.15) is 11.4 Å². The zero-order valence-electron chi connectivity index (χ0n) is 17.9. The van der Waals surface area contributed by atoms with Gasteiger partial charge in [-0.05, 0) is 51.8 Å². The molecule has 1 atom stereocenters. The fourth-order valence-corrected chi connectivity index (χ4v) is 3.28. The van der Waals surface area contributed by atoms with Crippen LogP contribution < -0.4 is 26.0 Å². The molecule has 2 aromatic rings. The Morgan fingerprint density at radius 2 is 1.93 bits per heavy atom. The molecule has 158 valence electrons. The van der Waals surface area contributed by atoms with Gasteiger partial charge in [0.15, 0.2) is 11.6 Å². The minimum absolute atomic E-state index is 0.197. The first-order chi connectivity index (χ1) is 13.6. The molecule has 1 aromatic heterocycles. The van der Waals surface area contributed by atoms with E-state index >= 15 is 0 Å². The van der Waals surface area contributed by atoms with E-state index < -0.39 is 5.60 Å². The molecule has 0 radical (unpaired) electrons. The number of ether oxygens (including phenoxy) is 1. The Balaban J connectivity index is 1.87. The van der Waals surface area contributed by atoms with E-state index in [1.54, 1.807) is 7.11 Å². The second-order valence-corrected chi connectivity index (χ2v) is 8.88. The lowest BCUT2D eigenvalue weighted by Crippen LogP contribution is -2.32. The van der Waals surface area contributed by atoms with Crippen molar-refractivity contribution in [2.45, 2.75) is 51.8 Å². The minimum Gasteiger partial charge on any atom is -0.497 e. The molecule has 0 aliphatic carbocycles. The molecule has 8 nitrogen and oxygen atoms in total. The first kappa shape index (κ1) is 21.0. The van der Waals surface area contributed by atoms with Gasteiger partial charge < -0.3 is 31.1 Å². The second-order valence-electron chi connectivity index (χ2n) is 8.88. The van der Waals surface area contributed by atoms with E-state index in [1.165, 1.54) is 0 Å². The van der Waals surface area contributed by atoms with Crippen LogP contribution in [-0.4, -0.2) is 46.4 Å². The van der Waals surface area contributed by atoms with Crippen LogP contribution in [-0.2, 0) is 6.54 Å². The maximum atomic E-state index is 10.4. The van der Waals surface area contributed by atoms with E-state index in [2.05, 4.69) is 41.4 Å². The van der Waals surface area contributed by atoms with Crippen molar-refractivity contribution < 1.29 is 9.84 Å². The Morgan fingerprint density at radius 1 is 1.24 bits per heavy atom. The first-order valence-corrected chi connectivity index (χ1v) is 9.86. The quantitative estimate of drug-likeness (QED) is 0.586. The Hall–Kier alpha value is -2.74. The molecule has 29 heavy (non-hydrogen) atoms. The van der Waals surface area contributed by atoms with Gasteiger partial charge in [0.2, 0.25) is 5.95 Å². The molecule has 1 unspecified atom stereocenters. The van der Waals surface area contributed by atoms with Crippen LogP contribution in [0.15, 0.2) is 24.3 Å². The summed E-state index contributed by atoms with van der Waals surface area (Å²) in [4.78, 5) is 11.3. The highest BCUT2D eigenvalue weighted by Crippen LogP contribution is 2.34. The number of aliphatic hydroxyl groups is 1. The Labute approximate surface area is 172 Å². The topological polar surface area (TPSA) is 109 Å². The average Bonchev–Trinajstić information content (AvgIpc) is 3.00. The van der Waals surface area contributed by atoms with Gasteiger partial charge in [-0.1, -0.05) is 12.1 Å². The fourth-order valence-electron chi connectivity index (χ4n) is 3.28. The lowest BCUT2D eigenvalue weighted by molar-refractivity contribution is 0.0839. The highest BCUT2D eigenvalue weighted by molar-refractivity contribution is 5.77. The first-order valence-electron chi connectivity index (χ1n) is 9.86. The molecular formula is C21H32N6O2. The molecule has 1 fully saturated rings. The molecule has 0 saturated carbocycles. The number of nitrogen functional groups attached to an aromatic ring is 1. The largest absolute Gasteiger partial charge is 0.497 e. The Morgan fingerprint density at radius 3 is 2.48 bits per heavy atom. The van der Waals surface area contributed by atoms with Gasteiger partial charge in [-0.15, -0.1) is 0 Å². The molecule has 1 aromatic carbocycles. The third-order valence-electron chi connectivity index (χ3n) is 4.78. The molecule has 1 saturated heterocycles. The molecule has 5 N–H and O–H groups in total. The van der Waals surface area contributed by atoms with Gasteiger partial charge in [0, 0.05) is 25.2 Å². The van der Waals surface area contributed by atoms with Crippen molar-refractivity contribution in [1.82, 2.24) is 9.97 Å². The van der Waals surface area contributed by atoms with E-state index in [0.717, 1.165) is 11.3 Å². The van der Waals surface area contributed by atoms with E-state index in [9.17, 15) is 5.11 Å². The fraction of sp³-hybridized carbons (Fsp3) is 0.524. The zero-order valence-corrected chi connectivity index (χ0v) is 17.9. The van der Waals surface area contributed by atoms with Crippen molar-refractivity contribution in [2.24, 2.45) is 0 Å². The van der Waals surface area contributed by atoms with Crippen LogP contribution in [0.3, 0.4) is 0 Å². The number of β-amino-alcohol motifs (C(OH)–C–C–N with tert-alkyl or cyclic N) is 1. The van der Waals surface area contributed by atoms with Gasteiger partial charge in [-0.25, -0.2) is 0 Å². The molecule has 8 heteroatoms. The van der Waals surface area contributed by atoms with Gasteiger partial charge >= 0.3 is 0 Å². The van der Waals surface area contributed by atoms with Crippen molar-refractivity contribution in [1.29, 1.82) is 0 Å². The zero-order chi connectivity index (χ0) is 21.2. The van der Waals surface area contributed by atoms with E-state index in [0.29, 0.717) is 49.3 Å². The summed E-state index contributed by atoms with van der Waals surface area (Å²) < 4.78 is 5.21. The van der Waals surface area contributed by atoms with Crippen molar-refractivity contribution in [3.63, 3.8) is 0 Å². The number of hydrogen-bond acceptors (Lipinski definition) is 8. The molecule has 0 bridgehead atoms. The smallest absolute Gasteiger partial charge is 0.227 e. The highest BCUT2D eigenvalue weighted by atomic mass is 16.5. The lowest BCUT2D eigenvalue weighted by atomic mass is 10.1. The number of nitrogens with two attached hydrogens (primary N) is 1. The number of nitrogens with zero attached hydrogens (tertiary/aromatic N) is 3. The van der Waals surface area contributed by atoms with Crippen LogP contribution in [0.4, 0.5) is 23.3 Å². The van der Waals surface area contributed by atoms with Crippen molar-refractivity contribution in [2.75, 3.05) is 41.5 Å². The molecule has 3 rings (SSSR count). The summed E-state index contributed by atoms with van der Waals surface area (Å²) >= 11 is 0. The second kappa shape index (κ2) is 7.94. The monoisotopic (exact) mass is 400 g/mol. The van der Waals surface area contributed by atoms with Crippen LogP contribution in [0.5, 0.6) is 5.75 Å². The number of nitrogens with one attached hydrogen (secondary N) is 2. The van der Waals surface area contributed by atoms with Crippen molar-refractivity contribution >= 4 is 23.3 Å². The van der Waals surface area contributed by atoms with E-state index in [-0.39, 0.29) is 5.54 Å². The predicted molar refractivity (Wildman–Crippen MR) is 118 cm³/mol. The van der Waals surface area contributed by atoms with Gasteiger partial charge in [0.25, 0.3) is 0 Å². The third-order valence-corrected chi connectivity index (χ3v) is 4.78. The number of benzene rings is 1. The van der Waals surface area contributed by atoms with Crippen LogP contribution in [0.25, 0.3) is 0 Å². The van der Waals surface area contributed by atoms with Crippen LogP contribution in [0.2, 0.25) is 0 Å². The standard InChI is InChI=1S/C21H32N6O2/c1-20(2,3)26-19-24-17(23-12-14-6-8-15(29-5)9-7-14)16(22)18(25-19)27-11-10-21(4,28)13-27/h6-9,28H,10-13,22H2,1-5H3,(H2,23,24,25,26). The summed E-state index contributed by atoms with van der Waals surface area (Å²) in [6.07, 6.45) is 0.674. The van der Waals surface area contributed by atoms with Gasteiger partial charge in [-0.3, -0.25) is 0 Å². The lowest BCUT2D eigenvalue weighted by Gasteiger charge is -2.26. The Kier molecular flexibility index (Phi) is 5.75. The van der Waals surface area contributed by atoms with Gasteiger partial charge in [0.05, 0.1) is 12.7 Å². The van der Waals surface area contributed by atoms with Crippen molar-refractivity contribution in [3.05, 3.63) is 29.8 Å². The third kappa shape index (κ3) is 5.41. The number of methoxy groups -OCH3 is 1. The summed E-state index contributed by atoms with van der Waals surface area (Å²) in [5.74, 6) is 2.53. The summed E-state index contributed by atoms with van der Waals surface area (Å²) in [5.41, 5.74) is 7.06. The predicted octanol–water partition coefficient (Wildman–Crippen LogP) is 2.85. The normalized spacial score (nSPS) is 19.3. The molecule has 0 amide bonds. The number of anilines is 4. The minimum atomic E-state index is -0.744. The summed E-state index contributed by atoms with van der Waals surface area (Å²) in [6.45, 7) is 9.74. The van der Waals surface area contributed by atoms with Gasteiger partial charge in [-0.2, -0.15) is 9.97 Å². The molecular weight excluding hydrogens is 368 g/mol. The SMILES string of the molecule is COc1ccc(CNc2nc(NC(C)(C)C)nc(N3CCC(C)(O)C3)c2N)cc1. The van der Waals surface area contributed by atoms with Crippen molar-refractivity contribution in [3.8, 4) is 5.75 Å². The Bertz CT molecular complexity index is 845. The highest BCUT2D eigenvalue weighted by Gasteiger charge is 2.34. The maximum absolute atomic E-state index is 10.4. The summed E-state index contributed by atoms with van der Waals surface area (Å²) in [6, 6.07) is 7.83. The van der Waals surface area contributed by atoms with E-state index in [1.807, 2.05) is 36.1 Å². The number of hydrogen-bond donors (Lipinski definition) is 4. The average molecular weight is 401 g/mol. The molecule has 2 heterocycles. The molecule has 0 spiro atoms. The number of aromatic nitrogens is 2. The van der Waals surface area contributed by atoms with E-state index in [4.69, 9.17) is 10.5 Å². The van der Waals surface area contributed by atoms with Crippen LogP contribution >= 0.6 is 0 Å². The van der Waals surface area contributed by atoms with Crippen LogP contribution in [0.1, 0.15) is 39.7 Å². The van der Waals surface area contributed by atoms with Crippen LogP contribution in [0, 0.1) is 0 Å². The number of rotatable bonds is 6.